The minimum Gasteiger partial charge on any atom is -0.455 e. The van der Waals surface area contributed by atoms with Gasteiger partial charge < -0.3 is 4.74 Å². The second-order valence-electron chi connectivity index (χ2n) is 4.25. The van der Waals surface area contributed by atoms with Crippen molar-refractivity contribution >= 4 is 50.7 Å². The van der Waals surface area contributed by atoms with E-state index in [1.807, 2.05) is 24.3 Å². The van der Waals surface area contributed by atoms with Gasteiger partial charge in [-0.05, 0) is 24.3 Å². The summed E-state index contributed by atoms with van der Waals surface area (Å²) in [7, 11) is 0. The van der Waals surface area contributed by atoms with Crippen LogP contribution >= 0.6 is 34.5 Å². The van der Waals surface area contributed by atoms with Gasteiger partial charge in [0.2, 0.25) is 0 Å². The molecule has 0 saturated carbocycles. The third-order valence-electron chi connectivity index (χ3n) is 2.83. The molecule has 2 aromatic carbocycles. The molecular weight excluding hydrogens is 329 g/mol. The van der Waals surface area contributed by atoms with Crippen molar-refractivity contribution in [2.24, 2.45) is 0 Å². The summed E-state index contributed by atoms with van der Waals surface area (Å²) in [4.78, 5) is 16.5. The lowest BCUT2D eigenvalue weighted by atomic mass is 10.2. The van der Waals surface area contributed by atoms with Crippen molar-refractivity contribution in [2.45, 2.75) is 6.61 Å². The fourth-order valence-corrected chi connectivity index (χ4v) is 3.31. The predicted molar refractivity (Wildman–Crippen MR) is 85.2 cm³/mol. The Morgan fingerprint density at radius 1 is 1.10 bits per heavy atom. The number of esters is 1. The molecule has 1 heterocycles. The molecule has 1 aromatic heterocycles. The van der Waals surface area contributed by atoms with Gasteiger partial charge in [-0.25, -0.2) is 9.78 Å². The molecule has 0 saturated heterocycles. The van der Waals surface area contributed by atoms with Gasteiger partial charge in [-0.3, -0.25) is 0 Å². The molecule has 0 spiro atoms. The minimum atomic E-state index is -0.551. The molecule has 3 nitrogen and oxygen atoms in total. The van der Waals surface area contributed by atoms with Crippen molar-refractivity contribution < 1.29 is 9.53 Å². The highest BCUT2D eigenvalue weighted by molar-refractivity contribution is 7.18. The van der Waals surface area contributed by atoms with Gasteiger partial charge in [-0.2, -0.15) is 0 Å². The second-order valence-corrected chi connectivity index (χ2v) is 6.18. The maximum Gasteiger partial charge on any atom is 0.341 e. The van der Waals surface area contributed by atoms with E-state index in [0.717, 1.165) is 15.2 Å². The fraction of sp³-hybridized carbons (Fsp3) is 0.0667. The van der Waals surface area contributed by atoms with E-state index in [9.17, 15) is 4.79 Å². The third-order valence-corrected chi connectivity index (χ3v) is 4.47. The van der Waals surface area contributed by atoms with E-state index in [1.54, 1.807) is 18.2 Å². The standard InChI is InChI=1S/C15H9Cl2NO2S/c16-9-4-3-5-10(17)14(9)15(19)20-8-13-18-11-6-1-2-7-12(11)21-13/h1-7H,8H2. The van der Waals surface area contributed by atoms with Crippen molar-refractivity contribution in [3.05, 3.63) is 63.1 Å². The molecule has 0 N–H and O–H groups in total. The number of rotatable bonds is 3. The Morgan fingerprint density at radius 2 is 1.81 bits per heavy atom. The number of ether oxygens (including phenoxy) is 1. The number of benzene rings is 2. The van der Waals surface area contributed by atoms with Crippen molar-refractivity contribution in [1.29, 1.82) is 0 Å². The molecule has 0 aliphatic heterocycles. The third kappa shape index (κ3) is 3.02. The molecule has 0 amide bonds. The van der Waals surface area contributed by atoms with E-state index in [-0.39, 0.29) is 22.2 Å². The van der Waals surface area contributed by atoms with Crippen LogP contribution in [0.2, 0.25) is 10.0 Å². The summed E-state index contributed by atoms with van der Waals surface area (Å²) >= 11 is 13.4. The molecule has 0 fully saturated rings. The summed E-state index contributed by atoms with van der Waals surface area (Å²) in [6.45, 7) is 0.0970. The van der Waals surface area contributed by atoms with Crippen molar-refractivity contribution in [3.8, 4) is 0 Å². The molecule has 0 aliphatic rings. The van der Waals surface area contributed by atoms with Crippen LogP contribution in [0.4, 0.5) is 0 Å². The first kappa shape index (κ1) is 14.3. The topological polar surface area (TPSA) is 39.2 Å². The number of halogens is 2. The Bertz CT molecular complexity index is 763. The first-order valence-electron chi connectivity index (χ1n) is 6.11. The first-order chi connectivity index (χ1) is 10.1. The Labute approximate surface area is 135 Å². The number of hydrogen-bond donors (Lipinski definition) is 0. The number of carbonyl (C=O) groups is 1. The molecule has 0 atom stereocenters. The highest BCUT2D eigenvalue weighted by atomic mass is 35.5. The molecule has 21 heavy (non-hydrogen) atoms. The number of aromatic nitrogens is 1. The zero-order valence-corrected chi connectivity index (χ0v) is 13.0. The van der Waals surface area contributed by atoms with E-state index in [4.69, 9.17) is 27.9 Å². The monoisotopic (exact) mass is 337 g/mol. The molecule has 0 aliphatic carbocycles. The lowest BCUT2D eigenvalue weighted by Gasteiger charge is -2.06. The normalized spacial score (nSPS) is 10.8. The van der Waals surface area contributed by atoms with Gasteiger partial charge in [0.15, 0.2) is 0 Å². The number of fused-ring (bicyclic) bond motifs is 1. The first-order valence-corrected chi connectivity index (χ1v) is 7.68. The number of hydrogen-bond acceptors (Lipinski definition) is 4. The van der Waals surface area contributed by atoms with Crippen molar-refractivity contribution in [3.63, 3.8) is 0 Å². The van der Waals surface area contributed by atoms with Crippen LogP contribution in [0, 0.1) is 0 Å². The van der Waals surface area contributed by atoms with Crippen LogP contribution in [0.5, 0.6) is 0 Å². The van der Waals surface area contributed by atoms with Gasteiger partial charge in [-0.1, -0.05) is 41.4 Å². The molecule has 0 radical (unpaired) electrons. The maximum absolute atomic E-state index is 12.1. The van der Waals surface area contributed by atoms with E-state index in [0.29, 0.717) is 0 Å². The Balaban J connectivity index is 1.76. The van der Waals surface area contributed by atoms with Crippen LogP contribution in [0.25, 0.3) is 10.2 Å². The Hall–Kier alpha value is -1.62. The zero-order chi connectivity index (χ0) is 14.8. The molecule has 106 valence electrons. The van der Waals surface area contributed by atoms with Crippen molar-refractivity contribution in [2.75, 3.05) is 0 Å². The van der Waals surface area contributed by atoms with Gasteiger partial charge in [0.1, 0.15) is 11.6 Å². The molecular formula is C15H9Cl2NO2S. The summed E-state index contributed by atoms with van der Waals surface area (Å²) in [6, 6.07) is 12.6. The number of nitrogens with zero attached hydrogens (tertiary/aromatic N) is 1. The Morgan fingerprint density at radius 3 is 2.52 bits per heavy atom. The molecule has 3 aromatic rings. The highest BCUT2D eigenvalue weighted by Gasteiger charge is 2.16. The van der Waals surface area contributed by atoms with Crippen LogP contribution < -0.4 is 0 Å². The quantitative estimate of drug-likeness (QED) is 0.634. The van der Waals surface area contributed by atoms with Crippen LogP contribution in [-0.2, 0) is 11.3 Å². The molecule has 0 bridgehead atoms. The fourth-order valence-electron chi connectivity index (χ4n) is 1.87. The summed E-state index contributed by atoms with van der Waals surface area (Å²) in [5.41, 5.74) is 1.08. The van der Waals surface area contributed by atoms with Gasteiger partial charge in [0, 0.05) is 0 Å². The van der Waals surface area contributed by atoms with Crippen LogP contribution in [0.15, 0.2) is 42.5 Å². The van der Waals surface area contributed by atoms with Gasteiger partial charge in [0.05, 0.1) is 25.8 Å². The van der Waals surface area contributed by atoms with Gasteiger partial charge in [-0.15, -0.1) is 11.3 Å². The lowest BCUT2D eigenvalue weighted by Crippen LogP contribution is -2.06. The van der Waals surface area contributed by atoms with E-state index < -0.39 is 5.97 Å². The second kappa shape index (κ2) is 6.02. The largest absolute Gasteiger partial charge is 0.455 e. The molecule has 0 unspecified atom stereocenters. The van der Waals surface area contributed by atoms with Crippen molar-refractivity contribution in [1.82, 2.24) is 4.98 Å². The SMILES string of the molecule is O=C(OCc1nc2ccccc2s1)c1c(Cl)cccc1Cl. The predicted octanol–water partition coefficient (Wildman–Crippen LogP) is 4.96. The zero-order valence-electron chi connectivity index (χ0n) is 10.7. The average Bonchev–Trinajstić information content (AvgIpc) is 2.87. The lowest BCUT2D eigenvalue weighted by molar-refractivity contribution is 0.0473. The summed E-state index contributed by atoms with van der Waals surface area (Å²) in [5, 5.41) is 1.28. The minimum absolute atomic E-state index is 0.0970. The molecule has 3 rings (SSSR count). The van der Waals surface area contributed by atoms with E-state index in [2.05, 4.69) is 4.98 Å². The van der Waals surface area contributed by atoms with Gasteiger partial charge >= 0.3 is 5.97 Å². The molecule has 6 heteroatoms. The highest BCUT2D eigenvalue weighted by Crippen LogP contribution is 2.26. The van der Waals surface area contributed by atoms with Crippen LogP contribution in [0.3, 0.4) is 0 Å². The smallest absolute Gasteiger partial charge is 0.341 e. The summed E-state index contributed by atoms with van der Waals surface area (Å²) < 4.78 is 6.30. The number of carbonyl (C=O) groups excluding carboxylic acids is 1. The summed E-state index contributed by atoms with van der Waals surface area (Å²) in [6.07, 6.45) is 0. The number of thiazole rings is 1. The van der Waals surface area contributed by atoms with E-state index >= 15 is 0 Å². The van der Waals surface area contributed by atoms with Crippen LogP contribution in [-0.4, -0.2) is 11.0 Å². The Kier molecular flexibility index (Phi) is 4.10. The van der Waals surface area contributed by atoms with E-state index in [1.165, 1.54) is 11.3 Å². The average molecular weight is 338 g/mol. The summed E-state index contributed by atoms with van der Waals surface area (Å²) in [5.74, 6) is -0.551. The van der Waals surface area contributed by atoms with Crippen LogP contribution in [0.1, 0.15) is 15.4 Å². The van der Waals surface area contributed by atoms with Gasteiger partial charge in [0.25, 0.3) is 0 Å². The number of para-hydroxylation sites is 1. The maximum atomic E-state index is 12.1.